The minimum Gasteiger partial charge on any atom is -0.497 e. The number of ether oxygens (including phenoxy) is 2. The molecule has 31 heavy (non-hydrogen) atoms. The standard InChI is InChI=1S/C23H23N5O3/c1-15-6-9-17(10-7-15)20-13-28-19(14-30-20)22(25-27-28)23-24-21(31-26-23)11-8-16-4-3-5-18(12-16)29-2/h3-7,9-10,12,20H,8,11,13-14H2,1-2H3. The number of nitrogens with zero attached hydrogens (tertiary/aromatic N) is 5. The van der Waals surface area contributed by atoms with E-state index in [4.69, 9.17) is 14.0 Å². The molecule has 4 aromatic rings. The second-order valence-electron chi connectivity index (χ2n) is 7.64. The topological polar surface area (TPSA) is 88.1 Å². The summed E-state index contributed by atoms with van der Waals surface area (Å²) in [5.74, 6) is 1.84. The van der Waals surface area contributed by atoms with Gasteiger partial charge in [-0.15, -0.1) is 5.10 Å². The maximum atomic E-state index is 6.09. The summed E-state index contributed by atoms with van der Waals surface area (Å²) in [6.45, 7) is 3.07. The third-order valence-corrected chi connectivity index (χ3v) is 5.49. The smallest absolute Gasteiger partial charge is 0.227 e. The highest BCUT2D eigenvalue weighted by Gasteiger charge is 2.27. The van der Waals surface area contributed by atoms with Crippen molar-refractivity contribution in [1.82, 2.24) is 25.1 Å². The van der Waals surface area contributed by atoms with Gasteiger partial charge in [-0.1, -0.05) is 52.3 Å². The second-order valence-corrected chi connectivity index (χ2v) is 7.64. The molecule has 0 saturated heterocycles. The van der Waals surface area contributed by atoms with E-state index in [-0.39, 0.29) is 6.10 Å². The molecule has 2 aromatic carbocycles. The van der Waals surface area contributed by atoms with Crippen LogP contribution in [0.3, 0.4) is 0 Å². The molecule has 3 heterocycles. The lowest BCUT2D eigenvalue weighted by molar-refractivity contribution is -0.00112. The van der Waals surface area contributed by atoms with Gasteiger partial charge >= 0.3 is 0 Å². The van der Waals surface area contributed by atoms with Gasteiger partial charge in [0, 0.05) is 6.42 Å². The van der Waals surface area contributed by atoms with E-state index in [1.165, 1.54) is 5.56 Å². The molecule has 1 atom stereocenters. The van der Waals surface area contributed by atoms with E-state index in [0.29, 0.717) is 37.0 Å². The molecule has 1 unspecified atom stereocenters. The number of hydrogen-bond donors (Lipinski definition) is 0. The van der Waals surface area contributed by atoms with Crippen LogP contribution in [0.1, 0.15) is 34.4 Å². The number of rotatable bonds is 6. The number of fused-ring (bicyclic) bond motifs is 1. The average molecular weight is 417 g/mol. The minimum atomic E-state index is -0.0497. The first kappa shape index (κ1) is 19.4. The predicted molar refractivity (Wildman–Crippen MR) is 112 cm³/mol. The molecule has 0 N–H and O–H groups in total. The zero-order chi connectivity index (χ0) is 21.2. The molecule has 8 nitrogen and oxygen atoms in total. The molecule has 2 aromatic heterocycles. The SMILES string of the molecule is COc1cccc(CCc2nc(-c3nnn4c3COC(c3ccc(C)cc3)C4)no2)c1. The van der Waals surface area contributed by atoms with Gasteiger partial charge in [-0.3, -0.25) is 0 Å². The van der Waals surface area contributed by atoms with E-state index in [2.05, 4.69) is 57.7 Å². The molecule has 0 bridgehead atoms. The van der Waals surface area contributed by atoms with Crippen molar-refractivity contribution in [3.8, 4) is 17.3 Å². The van der Waals surface area contributed by atoms with E-state index in [9.17, 15) is 0 Å². The quantitative estimate of drug-likeness (QED) is 0.473. The van der Waals surface area contributed by atoms with E-state index < -0.39 is 0 Å². The summed E-state index contributed by atoms with van der Waals surface area (Å²) in [6, 6.07) is 16.3. The van der Waals surface area contributed by atoms with Crippen LogP contribution in [0.5, 0.6) is 5.75 Å². The lowest BCUT2D eigenvalue weighted by atomic mass is 10.1. The molecule has 8 heteroatoms. The number of hydrogen-bond acceptors (Lipinski definition) is 7. The van der Waals surface area contributed by atoms with Crippen molar-refractivity contribution < 1.29 is 14.0 Å². The molecular weight excluding hydrogens is 394 g/mol. The van der Waals surface area contributed by atoms with E-state index in [1.54, 1.807) is 7.11 Å². The lowest BCUT2D eigenvalue weighted by Crippen LogP contribution is -2.22. The van der Waals surface area contributed by atoms with E-state index in [0.717, 1.165) is 29.0 Å². The Morgan fingerprint density at radius 3 is 2.84 bits per heavy atom. The van der Waals surface area contributed by atoms with Crippen LogP contribution in [0.2, 0.25) is 0 Å². The summed E-state index contributed by atoms with van der Waals surface area (Å²) >= 11 is 0. The molecular formula is C23H23N5O3. The number of benzene rings is 2. The van der Waals surface area contributed by atoms with Crippen LogP contribution in [0.4, 0.5) is 0 Å². The second kappa shape index (κ2) is 8.31. The van der Waals surface area contributed by atoms with Gasteiger partial charge in [-0.2, -0.15) is 4.98 Å². The molecule has 1 aliphatic heterocycles. The highest BCUT2D eigenvalue weighted by Crippen LogP contribution is 2.30. The maximum absolute atomic E-state index is 6.09. The maximum Gasteiger partial charge on any atom is 0.227 e. The van der Waals surface area contributed by atoms with Crippen molar-refractivity contribution in [2.75, 3.05) is 7.11 Å². The average Bonchev–Trinajstić information content (AvgIpc) is 3.44. The molecule has 5 rings (SSSR count). The third-order valence-electron chi connectivity index (χ3n) is 5.49. The summed E-state index contributed by atoms with van der Waals surface area (Å²) in [6.07, 6.45) is 1.36. The fourth-order valence-corrected chi connectivity index (χ4v) is 3.70. The van der Waals surface area contributed by atoms with Crippen molar-refractivity contribution in [3.05, 3.63) is 76.8 Å². The van der Waals surface area contributed by atoms with Crippen molar-refractivity contribution in [3.63, 3.8) is 0 Å². The monoisotopic (exact) mass is 417 g/mol. The van der Waals surface area contributed by atoms with Crippen LogP contribution >= 0.6 is 0 Å². The number of aromatic nitrogens is 5. The van der Waals surface area contributed by atoms with E-state index in [1.807, 2.05) is 22.9 Å². The summed E-state index contributed by atoms with van der Waals surface area (Å²) in [7, 11) is 1.66. The van der Waals surface area contributed by atoms with Gasteiger partial charge in [0.05, 0.1) is 26.0 Å². The van der Waals surface area contributed by atoms with Crippen molar-refractivity contribution in [2.24, 2.45) is 0 Å². The Morgan fingerprint density at radius 1 is 1.13 bits per heavy atom. The van der Waals surface area contributed by atoms with Crippen molar-refractivity contribution in [1.29, 1.82) is 0 Å². The van der Waals surface area contributed by atoms with Gasteiger partial charge in [-0.25, -0.2) is 4.68 Å². The lowest BCUT2D eigenvalue weighted by Gasteiger charge is -2.24. The first-order valence-electron chi connectivity index (χ1n) is 10.3. The predicted octanol–water partition coefficient (Wildman–Crippen LogP) is 3.70. The molecule has 0 radical (unpaired) electrons. The molecule has 0 spiro atoms. The molecule has 0 aliphatic carbocycles. The molecule has 1 aliphatic rings. The van der Waals surface area contributed by atoms with Gasteiger partial charge in [0.15, 0.2) is 5.69 Å². The Morgan fingerprint density at radius 2 is 2.00 bits per heavy atom. The largest absolute Gasteiger partial charge is 0.497 e. The number of methoxy groups -OCH3 is 1. The Bertz CT molecular complexity index is 1180. The molecule has 0 fully saturated rings. The summed E-state index contributed by atoms with van der Waals surface area (Å²) in [4.78, 5) is 4.52. The summed E-state index contributed by atoms with van der Waals surface area (Å²) in [5.41, 5.74) is 4.98. The first-order chi connectivity index (χ1) is 15.2. The van der Waals surface area contributed by atoms with E-state index >= 15 is 0 Å². The molecule has 0 saturated carbocycles. The van der Waals surface area contributed by atoms with Crippen LogP contribution in [-0.2, 0) is 30.7 Å². The zero-order valence-electron chi connectivity index (χ0n) is 17.5. The fraction of sp³-hybridized carbons (Fsp3) is 0.304. The van der Waals surface area contributed by atoms with Gasteiger partial charge in [0.1, 0.15) is 11.9 Å². The van der Waals surface area contributed by atoms with Crippen LogP contribution in [0.15, 0.2) is 53.1 Å². The van der Waals surface area contributed by atoms with Gasteiger partial charge in [0.25, 0.3) is 0 Å². The Balaban J connectivity index is 1.28. The van der Waals surface area contributed by atoms with Gasteiger partial charge in [-0.05, 0) is 36.6 Å². The van der Waals surface area contributed by atoms with Gasteiger partial charge < -0.3 is 14.0 Å². The first-order valence-corrected chi connectivity index (χ1v) is 10.3. The summed E-state index contributed by atoms with van der Waals surface area (Å²) < 4.78 is 18.7. The molecule has 158 valence electrons. The summed E-state index contributed by atoms with van der Waals surface area (Å²) in [5, 5.41) is 12.7. The minimum absolute atomic E-state index is 0.0497. The number of aryl methyl sites for hydroxylation is 3. The Labute approximate surface area is 179 Å². The van der Waals surface area contributed by atoms with Crippen LogP contribution in [0.25, 0.3) is 11.5 Å². The van der Waals surface area contributed by atoms with Crippen molar-refractivity contribution >= 4 is 0 Å². The van der Waals surface area contributed by atoms with Crippen LogP contribution in [-0.4, -0.2) is 32.2 Å². The van der Waals surface area contributed by atoms with Crippen LogP contribution < -0.4 is 4.74 Å². The Hall–Kier alpha value is -3.52. The third kappa shape index (κ3) is 4.06. The van der Waals surface area contributed by atoms with Crippen molar-refractivity contribution in [2.45, 2.75) is 39.0 Å². The Kier molecular flexibility index (Phi) is 5.21. The molecule has 0 amide bonds. The zero-order valence-corrected chi connectivity index (χ0v) is 17.5. The van der Waals surface area contributed by atoms with Gasteiger partial charge in [0.2, 0.25) is 11.7 Å². The highest BCUT2D eigenvalue weighted by atomic mass is 16.5. The van der Waals surface area contributed by atoms with Crippen LogP contribution in [0, 0.1) is 6.92 Å². The normalized spacial score (nSPS) is 15.6. The highest BCUT2D eigenvalue weighted by molar-refractivity contribution is 5.51. The fourth-order valence-electron chi connectivity index (χ4n) is 3.70.